The van der Waals surface area contributed by atoms with E-state index in [0.717, 1.165) is 4.88 Å². The number of thiophene rings is 1. The van der Waals surface area contributed by atoms with Crippen LogP contribution in [0.2, 0.25) is 0 Å². The number of hydrogen-bond donors (Lipinski definition) is 2. The van der Waals surface area contributed by atoms with Crippen molar-refractivity contribution < 1.29 is 23.9 Å². The maximum atomic E-state index is 12.2. The van der Waals surface area contributed by atoms with Gasteiger partial charge in [-0.25, -0.2) is 14.4 Å². The first-order chi connectivity index (χ1) is 12.0. The first-order valence-electron chi connectivity index (χ1n) is 7.91. The fourth-order valence-electron chi connectivity index (χ4n) is 2.30. The van der Waals surface area contributed by atoms with Gasteiger partial charge in [-0.15, -0.1) is 11.3 Å². The molecule has 0 radical (unpaired) electrons. The van der Waals surface area contributed by atoms with Crippen molar-refractivity contribution in [3.8, 4) is 0 Å². The van der Waals surface area contributed by atoms with Crippen molar-refractivity contribution in [2.45, 2.75) is 26.3 Å². The van der Waals surface area contributed by atoms with E-state index in [2.05, 4.69) is 10.6 Å². The molecule has 2 heterocycles. The second-order valence-electron chi connectivity index (χ2n) is 5.13. The molecule has 0 unspecified atom stereocenters. The Morgan fingerprint density at radius 3 is 2.76 bits per heavy atom. The summed E-state index contributed by atoms with van der Waals surface area (Å²) in [6.45, 7) is 3.53. The Kier molecular flexibility index (Phi) is 6.76. The molecule has 1 aliphatic rings. The summed E-state index contributed by atoms with van der Waals surface area (Å²) in [6.07, 6.45) is 3.46. The number of carbonyl (C=O) groups is 3. The molecule has 0 fully saturated rings. The van der Waals surface area contributed by atoms with Crippen molar-refractivity contribution in [3.63, 3.8) is 0 Å². The van der Waals surface area contributed by atoms with E-state index in [1.807, 2.05) is 24.4 Å². The van der Waals surface area contributed by atoms with Crippen molar-refractivity contribution >= 4 is 35.4 Å². The molecule has 2 N–H and O–H groups in total. The van der Waals surface area contributed by atoms with Gasteiger partial charge in [0.05, 0.1) is 23.9 Å². The van der Waals surface area contributed by atoms with Crippen LogP contribution in [0.25, 0.3) is 6.08 Å². The van der Waals surface area contributed by atoms with E-state index >= 15 is 0 Å². The molecule has 1 aliphatic heterocycles. The zero-order valence-electron chi connectivity index (χ0n) is 14.0. The molecular formula is C17H20N2O5S. The van der Waals surface area contributed by atoms with Gasteiger partial charge < -0.3 is 20.1 Å². The summed E-state index contributed by atoms with van der Waals surface area (Å²) in [4.78, 5) is 36.7. The second kappa shape index (κ2) is 9.03. The van der Waals surface area contributed by atoms with E-state index in [-0.39, 0.29) is 24.5 Å². The molecule has 8 heteroatoms. The van der Waals surface area contributed by atoms with Gasteiger partial charge in [0.15, 0.2) is 0 Å². The lowest BCUT2D eigenvalue weighted by molar-refractivity contribution is -0.140. The molecular weight excluding hydrogens is 344 g/mol. The van der Waals surface area contributed by atoms with Gasteiger partial charge in [-0.2, -0.15) is 0 Å². The maximum Gasteiger partial charge on any atom is 0.338 e. The van der Waals surface area contributed by atoms with Crippen LogP contribution in [0.4, 0.5) is 4.79 Å². The fourth-order valence-corrected chi connectivity index (χ4v) is 2.92. The smallest absolute Gasteiger partial charge is 0.338 e. The highest BCUT2D eigenvalue weighted by atomic mass is 32.1. The number of hydrogen-bond acceptors (Lipinski definition) is 6. The highest BCUT2D eigenvalue weighted by Crippen LogP contribution is 2.17. The Bertz CT molecular complexity index is 694. The summed E-state index contributed by atoms with van der Waals surface area (Å²) in [5.41, 5.74) is 0.519. The Morgan fingerprint density at radius 2 is 2.12 bits per heavy atom. The zero-order chi connectivity index (χ0) is 18.2. The predicted molar refractivity (Wildman–Crippen MR) is 93.7 cm³/mol. The SMILES string of the molecule is CCOC(=O)C1=C(COC(=O)/C=C/c2cccs2)NC(=O)N[C@@H]1CC. The van der Waals surface area contributed by atoms with Gasteiger partial charge in [-0.05, 0) is 30.9 Å². The number of carbonyl (C=O) groups excluding carboxylic acids is 3. The van der Waals surface area contributed by atoms with Gasteiger partial charge in [0.1, 0.15) is 6.61 Å². The minimum absolute atomic E-state index is 0.212. The number of rotatable bonds is 7. The molecule has 0 aromatic carbocycles. The Hall–Kier alpha value is -2.61. The Morgan fingerprint density at radius 1 is 1.32 bits per heavy atom. The average molecular weight is 364 g/mol. The monoisotopic (exact) mass is 364 g/mol. The van der Waals surface area contributed by atoms with E-state index in [1.54, 1.807) is 13.0 Å². The molecule has 2 amide bonds. The maximum absolute atomic E-state index is 12.2. The molecule has 0 spiro atoms. The van der Waals surface area contributed by atoms with Crippen LogP contribution in [-0.4, -0.2) is 37.2 Å². The Labute approximate surface area is 149 Å². The third kappa shape index (κ3) is 5.18. The summed E-state index contributed by atoms with van der Waals surface area (Å²) in [5.74, 6) is -1.10. The molecule has 25 heavy (non-hydrogen) atoms. The minimum Gasteiger partial charge on any atom is -0.463 e. The minimum atomic E-state index is -0.565. The van der Waals surface area contributed by atoms with E-state index in [4.69, 9.17) is 9.47 Å². The fraction of sp³-hybridized carbons (Fsp3) is 0.353. The summed E-state index contributed by atoms with van der Waals surface area (Å²) in [7, 11) is 0. The van der Waals surface area contributed by atoms with Crippen LogP contribution in [0.5, 0.6) is 0 Å². The zero-order valence-corrected chi connectivity index (χ0v) is 14.9. The van der Waals surface area contributed by atoms with Crippen molar-refractivity contribution in [1.29, 1.82) is 0 Å². The van der Waals surface area contributed by atoms with Crippen LogP contribution in [0.15, 0.2) is 34.9 Å². The third-order valence-corrected chi connectivity index (χ3v) is 4.27. The van der Waals surface area contributed by atoms with Crippen molar-refractivity contribution in [2.75, 3.05) is 13.2 Å². The van der Waals surface area contributed by atoms with Gasteiger partial charge in [0.2, 0.25) is 0 Å². The Balaban J connectivity index is 2.10. The van der Waals surface area contributed by atoms with Crippen LogP contribution in [0.1, 0.15) is 25.1 Å². The standard InChI is InChI=1S/C17H20N2O5S/c1-3-12-15(16(21)23-4-2)13(19-17(22)18-12)10-24-14(20)8-7-11-6-5-9-25-11/h5-9,12H,3-4,10H2,1-2H3,(H2,18,19,22)/b8-7+/t12-/m1/s1. The molecule has 1 aromatic heterocycles. The van der Waals surface area contributed by atoms with Crippen LogP contribution < -0.4 is 10.6 Å². The lowest BCUT2D eigenvalue weighted by Crippen LogP contribution is -2.51. The summed E-state index contributed by atoms with van der Waals surface area (Å²) in [5, 5.41) is 7.08. The molecule has 7 nitrogen and oxygen atoms in total. The molecule has 1 aromatic rings. The summed E-state index contributed by atoms with van der Waals surface area (Å²) >= 11 is 1.49. The highest BCUT2D eigenvalue weighted by molar-refractivity contribution is 7.10. The quantitative estimate of drug-likeness (QED) is 0.571. The van der Waals surface area contributed by atoms with Gasteiger partial charge in [0, 0.05) is 11.0 Å². The van der Waals surface area contributed by atoms with E-state index < -0.39 is 24.0 Å². The number of ether oxygens (including phenoxy) is 2. The van der Waals surface area contributed by atoms with Crippen LogP contribution in [0, 0.1) is 0 Å². The largest absolute Gasteiger partial charge is 0.463 e. The summed E-state index contributed by atoms with van der Waals surface area (Å²) in [6, 6.07) is 2.82. The van der Waals surface area contributed by atoms with Gasteiger partial charge in [-0.1, -0.05) is 13.0 Å². The van der Waals surface area contributed by atoms with Crippen LogP contribution in [0.3, 0.4) is 0 Å². The molecule has 0 aliphatic carbocycles. The van der Waals surface area contributed by atoms with Gasteiger partial charge in [0.25, 0.3) is 0 Å². The highest BCUT2D eigenvalue weighted by Gasteiger charge is 2.31. The molecule has 2 rings (SSSR count). The molecule has 0 bridgehead atoms. The van der Waals surface area contributed by atoms with Crippen molar-refractivity contribution in [2.24, 2.45) is 0 Å². The van der Waals surface area contributed by atoms with Gasteiger partial charge >= 0.3 is 18.0 Å². The van der Waals surface area contributed by atoms with Crippen LogP contribution in [-0.2, 0) is 19.1 Å². The van der Waals surface area contributed by atoms with E-state index in [1.165, 1.54) is 17.4 Å². The van der Waals surface area contributed by atoms with Crippen molar-refractivity contribution in [1.82, 2.24) is 10.6 Å². The normalized spacial score (nSPS) is 17.2. The lowest BCUT2D eigenvalue weighted by atomic mass is 10.0. The lowest BCUT2D eigenvalue weighted by Gasteiger charge is -2.28. The number of urea groups is 1. The topological polar surface area (TPSA) is 93.7 Å². The molecule has 1 atom stereocenters. The van der Waals surface area contributed by atoms with Crippen LogP contribution >= 0.6 is 11.3 Å². The number of nitrogens with one attached hydrogen (secondary N) is 2. The first kappa shape index (κ1) is 18.7. The van der Waals surface area contributed by atoms with Gasteiger partial charge in [-0.3, -0.25) is 0 Å². The molecule has 134 valence electrons. The predicted octanol–water partition coefficient (Wildman–Crippen LogP) is 2.21. The number of esters is 2. The summed E-state index contributed by atoms with van der Waals surface area (Å²) < 4.78 is 10.2. The van der Waals surface area contributed by atoms with E-state index in [9.17, 15) is 14.4 Å². The third-order valence-electron chi connectivity index (χ3n) is 3.43. The van der Waals surface area contributed by atoms with Crippen molar-refractivity contribution in [3.05, 3.63) is 39.7 Å². The average Bonchev–Trinajstić information content (AvgIpc) is 3.11. The van der Waals surface area contributed by atoms with E-state index in [0.29, 0.717) is 6.42 Å². The second-order valence-corrected chi connectivity index (χ2v) is 6.11. The first-order valence-corrected chi connectivity index (χ1v) is 8.79. The molecule has 0 saturated carbocycles. The number of amides is 2. The molecule has 0 saturated heterocycles.